The second-order valence-corrected chi connectivity index (χ2v) is 26.5. The van der Waals surface area contributed by atoms with E-state index in [4.69, 9.17) is 0 Å². The van der Waals surface area contributed by atoms with Crippen molar-refractivity contribution in [1.29, 1.82) is 0 Å². The largest absolute Gasteiger partial charge is 0.390 e. The Morgan fingerprint density at radius 2 is 0.814 bits per heavy atom. The minimum absolute atomic E-state index is 0.0156. The molecule has 0 aromatic heterocycles. The van der Waals surface area contributed by atoms with Crippen molar-refractivity contribution in [3.05, 3.63) is 12.2 Å². The van der Waals surface area contributed by atoms with Crippen molar-refractivity contribution in [2.45, 2.75) is 236 Å². The highest BCUT2D eigenvalue weighted by Crippen LogP contribution is 2.26. The van der Waals surface area contributed by atoms with Gasteiger partial charge in [0.05, 0.1) is 6.10 Å². The average Bonchev–Trinajstić information content (AvgIpc) is 2.82. The molecule has 86 heavy (non-hydrogen) atoms. The summed E-state index contributed by atoms with van der Waals surface area (Å²) in [5.41, 5.74) is 0. The molecule has 1 fully saturated rings. The van der Waals surface area contributed by atoms with Crippen molar-refractivity contribution >= 4 is 65.0 Å². The number of allylic oxidation sites excluding steroid dienone is 2. The molecule has 13 atom stereocenters. The van der Waals surface area contributed by atoms with Crippen molar-refractivity contribution < 1.29 is 57.8 Å². The molecule has 23 heteroatoms. The van der Waals surface area contributed by atoms with Gasteiger partial charge in [-0.05, 0) is 108 Å². The molecule has 1 saturated heterocycles. The smallest absolute Gasteiger partial charge is 0.246 e. The summed E-state index contributed by atoms with van der Waals surface area (Å²) in [6, 6.07) is -13.6. The van der Waals surface area contributed by atoms with E-state index in [0.29, 0.717) is 6.42 Å². The maximum Gasteiger partial charge on any atom is 0.246 e. The summed E-state index contributed by atoms with van der Waals surface area (Å²) in [5.74, 6) is -9.74. The van der Waals surface area contributed by atoms with Crippen LogP contribution in [0, 0.1) is 41.4 Å². The van der Waals surface area contributed by atoms with E-state index in [1.54, 1.807) is 54.5 Å². The Labute approximate surface area is 515 Å². The maximum absolute atomic E-state index is 15.2. The molecular formula is C63H113N11O12. The quantitative estimate of drug-likeness (QED) is 0.147. The van der Waals surface area contributed by atoms with Gasteiger partial charge in [-0.1, -0.05) is 109 Å². The molecule has 0 unspecified atom stereocenters. The van der Waals surface area contributed by atoms with Crippen molar-refractivity contribution in [3.63, 3.8) is 0 Å². The van der Waals surface area contributed by atoms with Crippen LogP contribution in [-0.2, 0) is 52.7 Å². The molecule has 11 amide bonds. The molecule has 0 aromatic carbocycles. The number of carbonyl (C=O) groups is 11. The molecule has 23 nitrogen and oxygen atoms in total. The van der Waals surface area contributed by atoms with E-state index in [-0.39, 0.29) is 55.8 Å². The van der Waals surface area contributed by atoms with Gasteiger partial charge in [0, 0.05) is 49.3 Å². The standard InChI is InChI=1S/C63H113N11O12/c1-26-28-29-40(15)52(75)51-56(79)66-44(27-2)59(82)68(19)43(18)58(81)69(20)46(31-35(5)6)55(78)67-49(38(11)12)62(85)70(21)45(30-34(3)4)54(77)64-41(16)53(76)65-42(17)57(80)71(22)47(32-36(7)8)60(83)72(23)48(33-37(9)10)61(84)73(24)50(39(13)14)63(86)74(51)25/h26,28,34-52,75H,27,29-33H2,1-25H3,(H,64,77)(H,65,76)(H,66,79)(H,67,78)/b28-26+/t40-,41+,42-,43-,44+,45+,46+,47+,48+,49+,50+,51+,52-/m1/s1. The van der Waals surface area contributed by atoms with Gasteiger partial charge < -0.3 is 60.7 Å². The predicted molar refractivity (Wildman–Crippen MR) is 333 cm³/mol. The Kier molecular flexibility index (Phi) is 31.7. The molecule has 0 radical (unpaired) electrons. The predicted octanol–water partition coefficient (Wildman–Crippen LogP) is 3.66. The zero-order valence-electron chi connectivity index (χ0n) is 56.9. The van der Waals surface area contributed by atoms with Crippen molar-refractivity contribution in [2.24, 2.45) is 41.4 Å². The first-order valence-corrected chi connectivity index (χ1v) is 31.0. The van der Waals surface area contributed by atoms with Crippen LogP contribution < -0.4 is 21.3 Å². The van der Waals surface area contributed by atoms with Crippen LogP contribution in [0.1, 0.15) is 163 Å². The second kappa shape index (κ2) is 35.0. The van der Waals surface area contributed by atoms with Gasteiger partial charge in [-0.25, -0.2) is 0 Å². The first kappa shape index (κ1) is 77.9. The van der Waals surface area contributed by atoms with Gasteiger partial charge in [-0.3, -0.25) is 52.7 Å². The van der Waals surface area contributed by atoms with E-state index in [2.05, 4.69) is 21.3 Å². The molecule has 5 N–H and O–H groups in total. The number of carbonyl (C=O) groups excluding carboxylic acids is 11. The van der Waals surface area contributed by atoms with Gasteiger partial charge in [-0.2, -0.15) is 0 Å². The Balaban J connectivity index is 4.37. The summed E-state index contributed by atoms with van der Waals surface area (Å²) in [4.78, 5) is 170. The maximum atomic E-state index is 15.2. The molecular weight excluding hydrogens is 1100 g/mol. The van der Waals surface area contributed by atoms with Crippen molar-refractivity contribution in [2.75, 3.05) is 49.3 Å². The highest BCUT2D eigenvalue weighted by molar-refractivity contribution is 6.00. The van der Waals surface area contributed by atoms with Crippen LogP contribution in [0.3, 0.4) is 0 Å². The van der Waals surface area contributed by atoms with Crippen LogP contribution >= 0.6 is 0 Å². The zero-order valence-corrected chi connectivity index (χ0v) is 56.9. The van der Waals surface area contributed by atoms with Gasteiger partial charge in [0.15, 0.2) is 0 Å². The number of hydrogen-bond acceptors (Lipinski definition) is 12. The normalized spacial score (nSPS) is 27.6. The van der Waals surface area contributed by atoms with Crippen LogP contribution in [0.15, 0.2) is 12.2 Å². The lowest BCUT2D eigenvalue weighted by molar-refractivity contribution is -0.157. The van der Waals surface area contributed by atoms with E-state index in [1.807, 2.05) is 61.5 Å². The number of nitrogens with one attached hydrogen (secondary N) is 4. The lowest BCUT2D eigenvalue weighted by Gasteiger charge is -2.41. The van der Waals surface area contributed by atoms with E-state index in [9.17, 15) is 48.3 Å². The Hall–Kier alpha value is -6.13. The lowest BCUT2D eigenvalue weighted by atomic mass is 9.91. The van der Waals surface area contributed by atoms with Crippen molar-refractivity contribution in [1.82, 2.24) is 55.6 Å². The molecule has 0 spiro atoms. The summed E-state index contributed by atoms with van der Waals surface area (Å²) >= 11 is 0. The number of amides is 11. The third-order valence-electron chi connectivity index (χ3n) is 16.6. The monoisotopic (exact) mass is 1220 g/mol. The van der Waals surface area contributed by atoms with E-state index < -0.39 is 155 Å². The number of likely N-dealkylation sites (N-methyl/N-ethyl adjacent to an activating group) is 7. The highest BCUT2D eigenvalue weighted by Gasteiger charge is 2.46. The van der Waals surface area contributed by atoms with Gasteiger partial charge in [-0.15, -0.1) is 0 Å². The Bertz CT molecular complexity index is 2360. The van der Waals surface area contributed by atoms with Crippen LogP contribution in [0.2, 0.25) is 0 Å². The Morgan fingerprint density at radius 1 is 0.419 bits per heavy atom. The minimum Gasteiger partial charge on any atom is -0.390 e. The van der Waals surface area contributed by atoms with Gasteiger partial charge in [0.2, 0.25) is 65.0 Å². The molecule has 0 aliphatic carbocycles. The zero-order chi connectivity index (χ0) is 66.8. The van der Waals surface area contributed by atoms with Gasteiger partial charge in [0.25, 0.3) is 0 Å². The van der Waals surface area contributed by atoms with Crippen LogP contribution in [0.25, 0.3) is 0 Å². The van der Waals surface area contributed by atoms with Crippen LogP contribution in [0.5, 0.6) is 0 Å². The van der Waals surface area contributed by atoms with E-state index in [0.717, 1.165) is 9.80 Å². The molecule has 1 heterocycles. The molecule has 0 bridgehead atoms. The topological polar surface area (TPSA) is 279 Å². The first-order valence-electron chi connectivity index (χ1n) is 31.0. The summed E-state index contributed by atoms with van der Waals surface area (Å²) in [6.45, 7) is 31.4. The molecule has 492 valence electrons. The number of rotatable bonds is 15. The fraction of sp³-hybridized carbons (Fsp3) is 0.794. The molecule has 0 aromatic rings. The third kappa shape index (κ3) is 21.0. The number of nitrogens with zero attached hydrogens (tertiary/aromatic N) is 7. The lowest BCUT2D eigenvalue weighted by Crippen LogP contribution is -2.64. The van der Waals surface area contributed by atoms with E-state index >= 15 is 9.59 Å². The van der Waals surface area contributed by atoms with E-state index in [1.165, 1.54) is 94.6 Å². The first-order chi connectivity index (χ1) is 39.6. The molecule has 0 saturated carbocycles. The number of aliphatic hydroxyl groups excluding tert-OH is 1. The third-order valence-corrected chi connectivity index (χ3v) is 16.6. The summed E-state index contributed by atoms with van der Waals surface area (Å²) in [6.07, 6.45) is 3.02. The fourth-order valence-electron chi connectivity index (χ4n) is 10.9. The molecule has 1 aliphatic rings. The van der Waals surface area contributed by atoms with Crippen LogP contribution in [0.4, 0.5) is 0 Å². The second-order valence-electron chi connectivity index (χ2n) is 26.5. The van der Waals surface area contributed by atoms with Crippen molar-refractivity contribution in [3.8, 4) is 0 Å². The molecule has 1 aliphatic heterocycles. The van der Waals surface area contributed by atoms with Gasteiger partial charge in [0.1, 0.15) is 66.5 Å². The highest BCUT2D eigenvalue weighted by atomic mass is 16.3. The van der Waals surface area contributed by atoms with Crippen LogP contribution in [-0.4, -0.2) is 226 Å². The summed E-state index contributed by atoms with van der Waals surface area (Å²) < 4.78 is 0. The summed E-state index contributed by atoms with van der Waals surface area (Å²) in [5, 5.41) is 23.1. The Morgan fingerprint density at radius 3 is 1.24 bits per heavy atom. The van der Waals surface area contributed by atoms with Gasteiger partial charge >= 0.3 is 0 Å². The molecule has 1 rings (SSSR count). The minimum atomic E-state index is -1.62. The fourth-order valence-corrected chi connectivity index (χ4v) is 10.9. The number of hydrogen-bond donors (Lipinski definition) is 5. The average molecular weight is 1220 g/mol. The summed E-state index contributed by atoms with van der Waals surface area (Å²) in [7, 11) is 9.95. The SMILES string of the molecule is C/C=C/C[C@@H](C)[C@@H](O)[C@H]1C(=O)N[C@@H](CC)C(=O)N(C)[C@H](C)C(=O)N(C)[C@@H](CC(C)C)C(=O)N[C@@H](C(C)C)C(=O)N(C)[C@@H](CC(C)C)C(=O)N[C@@H](C)C(=O)N[C@H](C)C(=O)N(C)[C@@H](CC(C)C)C(=O)N(C)[C@@H](CC(C)C)C(=O)N(C)[C@@H](C(C)C)C(=O)N1C. The number of aliphatic hydroxyl groups is 1.